The van der Waals surface area contributed by atoms with Gasteiger partial charge in [0.2, 0.25) is 0 Å². The van der Waals surface area contributed by atoms with Gasteiger partial charge in [0, 0.05) is 35.4 Å². The van der Waals surface area contributed by atoms with Crippen molar-refractivity contribution in [2.45, 2.75) is 6.92 Å². The maximum Gasteiger partial charge on any atom is 0.102 e. The molecular formula is C6H14FNOS. The minimum atomic E-state index is -0.715. The van der Waals surface area contributed by atoms with E-state index in [-0.39, 0.29) is 6.67 Å². The summed E-state index contributed by atoms with van der Waals surface area (Å²) in [6, 6.07) is 0. The lowest BCUT2D eigenvalue weighted by Crippen LogP contribution is -2.22. The minimum Gasteiger partial charge on any atom is -0.313 e. The molecule has 0 aromatic heterocycles. The Hall–Kier alpha value is 0.0400. The van der Waals surface area contributed by atoms with E-state index in [1.54, 1.807) is 0 Å². The van der Waals surface area contributed by atoms with Crippen molar-refractivity contribution in [1.82, 2.24) is 5.32 Å². The fraction of sp³-hybridized carbons (Fsp3) is 1.00. The molecular weight excluding hydrogens is 153 g/mol. The lowest BCUT2D eigenvalue weighted by Gasteiger charge is -1.99. The molecule has 0 rings (SSSR count). The van der Waals surface area contributed by atoms with Crippen molar-refractivity contribution in [1.29, 1.82) is 0 Å². The van der Waals surface area contributed by atoms with Crippen LogP contribution in [0.1, 0.15) is 6.92 Å². The van der Waals surface area contributed by atoms with Gasteiger partial charge in [0.15, 0.2) is 0 Å². The average Bonchev–Trinajstić information content (AvgIpc) is 1.98. The fourth-order valence-corrected chi connectivity index (χ4v) is 1.18. The summed E-state index contributed by atoms with van der Waals surface area (Å²) < 4.78 is 22.2. The number of rotatable bonds is 6. The van der Waals surface area contributed by atoms with E-state index in [4.69, 9.17) is 0 Å². The molecule has 1 atom stereocenters. The number of hydrogen-bond acceptors (Lipinski definition) is 2. The highest BCUT2D eigenvalue weighted by molar-refractivity contribution is 7.84. The normalized spacial score (nSPS) is 13.4. The molecule has 1 unspecified atom stereocenters. The number of alkyl halides is 1. The third-order valence-electron chi connectivity index (χ3n) is 1.10. The van der Waals surface area contributed by atoms with Gasteiger partial charge < -0.3 is 5.32 Å². The Morgan fingerprint density at radius 3 is 2.70 bits per heavy atom. The molecule has 0 aromatic carbocycles. The van der Waals surface area contributed by atoms with Crippen LogP contribution in [0, 0.1) is 0 Å². The first-order chi connectivity index (χ1) is 4.81. The summed E-state index contributed by atoms with van der Waals surface area (Å²) >= 11 is 0. The van der Waals surface area contributed by atoms with E-state index in [2.05, 4.69) is 5.32 Å². The molecule has 0 radical (unpaired) electrons. The van der Waals surface area contributed by atoms with Crippen LogP contribution in [0.4, 0.5) is 4.39 Å². The van der Waals surface area contributed by atoms with Crippen molar-refractivity contribution in [2.24, 2.45) is 0 Å². The second kappa shape index (κ2) is 7.15. The highest BCUT2D eigenvalue weighted by Gasteiger charge is 1.93. The van der Waals surface area contributed by atoms with Gasteiger partial charge in [-0.1, -0.05) is 6.92 Å². The molecule has 0 aromatic rings. The Morgan fingerprint density at radius 2 is 2.20 bits per heavy atom. The molecule has 62 valence electrons. The Balaban J connectivity index is 2.96. The summed E-state index contributed by atoms with van der Waals surface area (Å²) in [4.78, 5) is 0. The maximum atomic E-state index is 11.5. The summed E-state index contributed by atoms with van der Waals surface area (Å²) in [5, 5.41) is 2.83. The summed E-state index contributed by atoms with van der Waals surface area (Å²) in [6.07, 6.45) is 0. The van der Waals surface area contributed by atoms with E-state index >= 15 is 0 Å². The topological polar surface area (TPSA) is 29.1 Å². The molecule has 0 bridgehead atoms. The number of hydrogen-bond donors (Lipinski definition) is 1. The highest BCUT2D eigenvalue weighted by Crippen LogP contribution is 1.78. The van der Waals surface area contributed by atoms with E-state index in [1.807, 2.05) is 6.92 Å². The first-order valence-corrected chi connectivity index (χ1v) is 4.91. The van der Waals surface area contributed by atoms with Crippen molar-refractivity contribution < 1.29 is 8.60 Å². The molecule has 0 aliphatic heterocycles. The minimum absolute atomic E-state index is 0.348. The zero-order valence-corrected chi connectivity index (χ0v) is 7.05. The second-order valence-electron chi connectivity index (χ2n) is 1.87. The third-order valence-corrected chi connectivity index (χ3v) is 2.40. The third kappa shape index (κ3) is 6.16. The van der Waals surface area contributed by atoms with Crippen LogP contribution in [0.15, 0.2) is 0 Å². The predicted molar refractivity (Wildman–Crippen MR) is 42.4 cm³/mol. The van der Waals surface area contributed by atoms with Crippen LogP contribution in [-0.2, 0) is 10.8 Å². The number of nitrogens with one attached hydrogen (secondary N) is 1. The van der Waals surface area contributed by atoms with E-state index in [0.29, 0.717) is 24.6 Å². The Labute approximate surface area is 63.7 Å². The van der Waals surface area contributed by atoms with Crippen molar-refractivity contribution in [3.8, 4) is 0 Å². The Kier molecular flexibility index (Phi) is 7.18. The molecule has 0 amide bonds. The quantitative estimate of drug-likeness (QED) is 0.577. The first kappa shape index (κ1) is 10.0. The molecule has 2 nitrogen and oxygen atoms in total. The Morgan fingerprint density at radius 1 is 1.50 bits per heavy atom. The monoisotopic (exact) mass is 167 g/mol. The van der Waals surface area contributed by atoms with E-state index in [9.17, 15) is 8.60 Å². The zero-order valence-electron chi connectivity index (χ0n) is 6.23. The molecule has 1 N–H and O–H groups in total. The number of halogens is 1. The zero-order chi connectivity index (χ0) is 7.82. The molecule has 0 saturated carbocycles. The van der Waals surface area contributed by atoms with Crippen molar-refractivity contribution in [3.63, 3.8) is 0 Å². The van der Waals surface area contributed by atoms with Gasteiger partial charge >= 0.3 is 0 Å². The van der Waals surface area contributed by atoms with Gasteiger partial charge in [0.25, 0.3) is 0 Å². The van der Waals surface area contributed by atoms with Crippen LogP contribution < -0.4 is 5.32 Å². The van der Waals surface area contributed by atoms with Crippen LogP contribution in [-0.4, -0.2) is 35.5 Å². The van der Waals surface area contributed by atoms with Crippen LogP contribution in [0.3, 0.4) is 0 Å². The van der Waals surface area contributed by atoms with Gasteiger partial charge in [-0.25, -0.2) is 4.39 Å². The lowest BCUT2D eigenvalue weighted by atomic mass is 10.6. The molecule has 0 spiro atoms. The SMILES string of the molecule is CCS(=O)CCNCCF. The summed E-state index contributed by atoms with van der Waals surface area (Å²) in [5.74, 6) is 1.33. The van der Waals surface area contributed by atoms with Crippen LogP contribution in [0.25, 0.3) is 0 Å². The van der Waals surface area contributed by atoms with Gasteiger partial charge in [0.1, 0.15) is 6.67 Å². The fourth-order valence-electron chi connectivity index (χ4n) is 0.522. The lowest BCUT2D eigenvalue weighted by molar-refractivity contribution is 0.472. The second-order valence-corrected chi connectivity index (χ2v) is 3.74. The standard InChI is InChI=1S/C6H14FNOS/c1-2-10(9)6-5-8-4-3-7/h8H,2-6H2,1H3. The molecule has 4 heteroatoms. The largest absolute Gasteiger partial charge is 0.313 e. The Bertz CT molecular complexity index is 99.7. The first-order valence-electron chi connectivity index (χ1n) is 3.43. The summed E-state index contributed by atoms with van der Waals surface area (Å²) in [5.41, 5.74) is 0. The smallest absolute Gasteiger partial charge is 0.102 e. The van der Waals surface area contributed by atoms with Crippen LogP contribution in [0.5, 0.6) is 0 Å². The van der Waals surface area contributed by atoms with E-state index in [1.165, 1.54) is 0 Å². The van der Waals surface area contributed by atoms with Crippen molar-refractivity contribution >= 4 is 10.8 Å². The van der Waals surface area contributed by atoms with Crippen LogP contribution >= 0.6 is 0 Å². The highest BCUT2D eigenvalue weighted by atomic mass is 32.2. The van der Waals surface area contributed by atoms with E-state index < -0.39 is 10.8 Å². The summed E-state index contributed by atoms with van der Waals surface area (Å²) in [6.45, 7) is 2.56. The van der Waals surface area contributed by atoms with Gasteiger partial charge in [-0.2, -0.15) is 0 Å². The van der Waals surface area contributed by atoms with Gasteiger partial charge in [-0.3, -0.25) is 4.21 Å². The molecule has 0 aliphatic carbocycles. The van der Waals surface area contributed by atoms with Gasteiger partial charge in [-0.05, 0) is 0 Å². The molecule has 0 saturated heterocycles. The van der Waals surface area contributed by atoms with Crippen molar-refractivity contribution in [3.05, 3.63) is 0 Å². The molecule has 10 heavy (non-hydrogen) atoms. The van der Waals surface area contributed by atoms with Crippen LogP contribution in [0.2, 0.25) is 0 Å². The predicted octanol–water partition coefficient (Wildman–Crippen LogP) is 0.314. The molecule has 0 aliphatic rings. The average molecular weight is 167 g/mol. The van der Waals surface area contributed by atoms with Crippen molar-refractivity contribution in [2.75, 3.05) is 31.3 Å². The van der Waals surface area contributed by atoms with Gasteiger partial charge in [-0.15, -0.1) is 0 Å². The van der Waals surface area contributed by atoms with Gasteiger partial charge in [0.05, 0.1) is 0 Å². The maximum absolute atomic E-state index is 11.5. The molecule has 0 fully saturated rings. The van der Waals surface area contributed by atoms with E-state index in [0.717, 1.165) is 0 Å². The molecule has 0 heterocycles. The summed E-state index contributed by atoms with van der Waals surface area (Å²) in [7, 11) is -0.715.